The number of fused-ring (bicyclic) bond motifs is 2. The van der Waals surface area contributed by atoms with E-state index in [1.807, 2.05) is 0 Å². The van der Waals surface area contributed by atoms with Crippen molar-refractivity contribution in [3.8, 4) is 0 Å². The molecule has 4 heteroatoms. The van der Waals surface area contributed by atoms with E-state index in [0.29, 0.717) is 30.0 Å². The fourth-order valence-corrected chi connectivity index (χ4v) is 2.27. The van der Waals surface area contributed by atoms with Crippen molar-refractivity contribution in [1.82, 2.24) is 4.98 Å². The molecule has 0 radical (unpaired) electrons. The number of rotatable bonds is 0. The van der Waals surface area contributed by atoms with Crippen LogP contribution in [0.3, 0.4) is 0 Å². The second-order valence-electron chi connectivity index (χ2n) is 4.32. The highest BCUT2D eigenvalue weighted by Crippen LogP contribution is 2.31. The molecule has 3 rings (SSSR count). The number of pyridine rings is 1. The molecule has 2 aromatic rings. The van der Waals surface area contributed by atoms with Crippen LogP contribution in [0.1, 0.15) is 16.8 Å². The Morgan fingerprint density at radius 1 is 1.41 bits per heavy atom. The summed E-state index contributed by atoms with van der Waals surface area (Å²) in [6.07, 6.45) is 0.741. The highest BCUT2D eigenvalue weighted by molar-refractivity contribution is 5.94. The average Bonchev–Trinajstić information content (AvgIpc) is 2.35. The quantitative estimate of drug-likeness (QED) is 0.758. The molecule has 0 amide bonds. The number of hydrogen-bond acceptors (Lipinski definition) is 3. The summed E-state index contributed by atoms with van der Waals surface area (Å²) < 4.78 is 18.9. The molecule has 88 valence electrons. The van der Waals surface area contributed by atoms with Crippen molar-refractivity contribution in [2.45, 2.75) is 20.0 Å². The fraction of sp³-hybridized carbons (Fsp3) is 0.308. The zero-order valence-electron chi connectivity index (χ0n) is 9.59. The molecule has 3 nitrogen and oxygen atoms in total. The zero-order chi connectivity index (χ0) is 12.0. The summed E-state index contributed by atoms with van der Waals surface area (Å²) in [4.78, 5) is 4.54. The van der Waals surface area contributed by atoms with E-state index in [0.717, 1.165) is 23.1 Å². The third-order valence-electron chi connectivity index (χ3n) is 3.30. The molecule has 1 aliphatic rings. The van der Waals surface area contributed by atoms with Crippen LogP contribution in [0.15, 0.2) is 12.1 Å². The summed E-state index contributed by atoms with van der Waals surface area (Å²) in [7, 11) is 0. The third kappa shape index (κ3) is 1.48. The maximum absolute atomic E-state index is 13.5. The minimum Gasteiger partial charge on any atom is -0.398 e. The van der Waals surface area contributed by atoms with Crippen molar-refractivity contribution in [2.75, 3.05) is 12.3 Å². The zero-order valence-corrected chi connectivity index (χ0v) is 9.59. The molecule has 2 heterocycles. The highest BCUT2D eigenvalue weighted by atomic mass is 19.1. The fourth-order valence-electron chi connectivity index (χ4n) is 2.27. The van der Waals surface area contributed by atoms with Gasteiger partial charge in [-0.05, 0) is 19.1 Å². The number of ether oxygens (including phenoxy) is 1. The standard InChI is InChI=1S/C13H13FN2O/c1-7-10(14)3-2-8-12(15)9-6-17-5-4-11(9)16-13(7)8/h2-3H,4-6H2,1H3,(H2,15,16). The van der Waals surface area contributed by atoms with Gasteiger partial charge >= 0.3 is 0 Å². The van der Waals surface area contributed by atoms with Crippen LogP contribution >= 0.6 is 0 Å². The molecule has 0 saturated heterocycles. The Kier molecular flexibility index (Phi) is 2.26. The molecule has 1 aromatic carbocycles. The van der Waals surface area contributed by atoms with Crippen molar-refractivity contribution >= 4 is 16.6 Å². The van der Waals surface area contributed by atoms with E-state index in [1.54, 1.807) is 13.0 Å². The van der Waals surface area contributed by atoms with Crippen LogP contribution < -0.4 is 5.73 Å². The molecule has 2 N–H and O–H groups in total. The topological polar surface area (TPSA) is 48.1 Å². The van der Waals surface area contributed by atoms with Gasteiger partial charge in [-0.1, -0.05) is 0 Å². The third-order valence-corrected chi connectivity index (χ3v) is 3.30. The molecule has 17 heavy (non-hydrogen) atoms. The molecule has 0 saturated carbocycles. The molecular formula is C13H13FN2O. The van der Waals surface area contributed by atoms with Gasteiger partial charge in [-0.15, -0.1) is 0 Å². The Morgan fingerprint density at radius 2 is 2.24 bits per heavy atom. The van der Waals surface area contributed by atoms with Gasteiger partial charge in [0.05, 0.1) is 24.4 Å². The second-order valence-corrected chi connectivity index (χ2v) is 4.32. The van der Waals surface area contributed by atoms with Gasteiger partial charge in [0, 0.05) is 28.6 Å². The lowest BCUT2D eigenvalue weighted by Gasteiger charge is -2.19. The first-order valence-electron chi connectivity index (χ1n) is 5.62. The molecule has 0 atom stereocenters. The second kappa shape index (κ2) is 3.67. The first-order chi connectivity index (χ1) is 8.18. The number of aromatic nitrogens is 1. The molecule has 0 unspecified atom stereocenters. The number of nitrogens with two attached hydrogens (primary N) is 1. The summed E-state index contributed by atoms with van der Waals surface area (Å²) in [5, 5.41) is 0.813. The number of nitrogen functional groups attached to an aromatic ring is 1. The lowest BCUT2D eigenvalue weighted by Crippen LogP contribution is -2.14. The van der Waals surface area contributed by atoms with Gasteiger partial charge in [0.2, 0.25) is 0 Å². The van der Waals surface area contributed by atoms with E-state index < -0.39 is 0 Å². The van der Waals surface area contributed by atoms with Gasteiger partial charge in [0.1, 0.15) is 5.82 Å². The van der Waals surface area contributed by atoms with Gasteiger partial charge in [0.25, 0.3) is 0 Å². The summed E-state index contributed by atoms with van der Waals surface area (Å²) >= 11 is 0. The van der Waals surface area contributed by atoms with Gasteiger partial charge in [-0.2, -0.15) is 0 Å². The maximum atomic E-state index is 13.5. The molecule has 0 spiro atoms. The summed E-state index contributed by atoms with van der Waals surface area (Å²) in [5.41, 5.74) is 9.91. The lowest BCUT2D eigenvalue weighted by atomic mass is 10.0. The smallest absolute Gasteiger partial charge is 0.128 e. The SMILES string of the molecule is Cc1c(F)ccc2c(N)c3c(nc12)CCOC3. The number of hydrogen-bond donors (Lipinski definition) is 1. The number of benzene rings is 1. The highest BCUT2D eigenvalue weighted by Gasteiger charge is 2.18. The molecule has 1 aliphatic heterocycles. The van der Waals surface area contributed by atoms with Crippen LogP contribution in [0, 0.1) is 12.7 Å². The first kappa shape index (κ1) is 10.5. The van der Waals surface area contributed by atoms with Crippen LogP contribution in [-0.4, -0.2) is 11.6 Å². The largest absolute Gasteiger partial charge is 0.398 e. The molecule has 0 aliphatic carbocycles. The molecule has 0 bridgehead atoms. The maximum Gasteiger partial charge on any atom is 0.128 e. The van der Waals surface area contributed by atoms with Crippen LogP contribution in [-0.2, 0) is 17.8 Å². The Hall–Kier alpha value is -1.68. The van der Waals surface area contributed by atoms with Crippen molar-refractivity contribution in [1.29, 1.82) is 0 Å². The van der Waals surface area contributed by atoms with Crippen molar-refractivity contribution in [3.63, 3.8) is 0 Å². The minimum atomic E-state index is -0.239. The Bertz CT molecular complexity index is 610. The minimum absolute atomic E-state index is 0.239. The van der Waals surface area contributed by atoms with E-state index in [9.17, 15) is 4.39 Å². The Balaban J connectivity index is 2.40. The van der Waals surface area contributed by atoms with Gasteiger partial charge < -0.3 is 10.5 Å². The number of aryl methyl sites for hydroxylation is 1. The van der Waals surface area contributed by atoms with E-state index in [-0.39, 0.29) is 5.82 Å². The molecule has 0 fully saturated rings. The predicted octanol–water partition coefficient (Wildman–Crippen LogP) is 2.34. The first-order valence-corrected chi connectivity index (χ1v) is 5.62. The van der Waals surface area contributed by atoms with Crippen LogP contribution in [0.5, 0.6) is 0 Å². The number of anilines is 1. The summed E-state index contributed by atoms with van der Waals surface area (Å²) in [6.45, 7) is 2.88. The molecular weight excluding hydrogens is 219 g/mol. The van der Waals surface area contributed by atoms with Gasteiger partial charge in [-0.25, -0.2) is 4.39 Å². The van der Waals surface area contributed by atoms with E-state index in [4.69, 9.17) is 10.5 Å². The van der Waals surface area contributed by atoms with E-state index >= 15 is 0 Å². The van der Waals surface area contributed by atoms with Crippen molar-refractivity contribution in [3.05, 3.63) is 34.8 Å². The number of halogens is 1. The van der Waals surface area contributed by atoms with Crippen molar-refractivity contribution < 1.29 is 9.13 Å². The molecule has 1 aromatic heterocycles. The summed E-state index contributed by atoms with van der Waals surface area (Å²) in [6, 6.07) is 3.13. The lowest BCUT2D eigenvalue weighted by molar-refractivity contribution is 0.110. The number of nitrogens with zero attached hydrogens (tertiary/aromatic N) is 1. The van der Waals surface area contributed by atoms with Crippen molar-refractivity contribution in [2.24, 2.45) is 0 Å². The van der Waals surface area contributed by atoms with Crippen LogP contribution in [0.25, 0.3) is 10.9 Å². The average molecular weight is 232 g/mol. The predicted molar refractivity (Wildman–Crippen MR) is 64.2 cm³/mol. The Labute approximate surface area is 98.4 Å². The van der Waals surface area contributed by atoms with Gasteiger partial charge in [0.15, 0.2) is 0 Å². The summed E-state index contributed by atoms with van der Waals surface area (Å²) in [5.74, 6) is -0.239. The normalized spacial score (nSPS) is 14.9. The monoisotopic (exact) mass is 232 g/mol. The van der Waals surface area contributed by atoms with Gasteiger partial charge in [-0.3, -0.25) is 4.98 Å². The van der Waals surface area contributed by atoms with Crippen LogP contribution in [0.2, 0.25) is 0 Å². The van der Waals surface area contributed by atoms with Crippen LogP contribution in [0.4, 0.5) is 10.1 Å². The van der Waals surface area contributed by atoms with E-state index in [2.05, 4.69) is 4.98 Å². The Morgan fingerprint density at radius 3 is 3.06 bits per heavy atom. The van der Waals surface area contributed by atoms with E-state index in [1.165, 1.54) is 6.07 Å².